The molecule has 0 fully saturated rings. The molecule has 0 nitrogen and oxygen atoms in total. The number of hydrogen-bond acceptors (Lipinski definition) is 1. The molecule has 0 aliphatic carbocycles. The second kappa shape index (κ2) is 12.7. The van der Waals surface area contributed by atoms with Gasteiger partial charge in [0.15, 0.2) is 0 Å². The second-order valence-corrected chi connectivity index (χ2v) is 16.2. The van der Waals surface area contributed by atoms with Crippen LogP contribution in [0.15, 0.2) is 206 Å². The number of rotatable bonds is 4. The van der Waals surface area contributed by atoms with Crippen molar-refractivity contribution in [1.29, 1.82) is 0 Å². The summed E-state index contributed by atoms with van der Waals surface area (Å²) >= 11 is 1.88. The summed E-state index contributed by atoms with van der Waals surface area (Å²) in [5.41, 5.74) is 10.0. The Labute approximate surface area is 334 Å². The molecule has 0 bridgehead atoms. The summed E-state index contributed by atoms with van der Waals surface area (Å²) in [4.78, 5) is 0. The molecule has 0 spiro atoms. The molecular weight excluding hydrogens is 705 g/mol. The number of thiophene rings is 1. The van der Waals surface area contributed by atoms with Crippen molar-refractivity contribution < 1.29 is 0 Å². The van der Waals surface area contributed by atoms with E-state index < -0.39 is 0 Å². The molecule has 0 atom stereocenters. The van der Waals surface area contributed by atoms with Crippen LogP contribution in [0, 0.1) is 0 Å². The van der Waals surface area contributed by atoms with Gasteiger partial charge in [0.1, 0.15) is 0 Å². The first-order chi connectivity index (χ1) is 28.3. The van der Waals surface area contributed by atoms with Gasteiger partial charge in [0.25, 0.3) is 0 Å². The van der Waals surface area contributed by atoms with Gasteiger partial charge in [0, 0.05) is 20.2 Å². The Balaban J connectivity index is 1.02. The third-order valence-electron chi connectivity index (χ3n) is 12.1. The predicted molar refractivity (Wildman–Crippen MR) is 249 cm³/mol. The number of hydrogen-bond donors (Lipinski definition) is 0. The first kappa shape index (κ1) is 32.2. The van der Waals surface area contributed by atoms with Crippen molar-refractivity contribution in [2.24, 2.45) is 0 Å². The van der Waals surface area contributed by atoms with Gasteiger partial charge in [-0.05, 0) is 117 Å². The number of fused-ring (bicyclic) bond motifs is 11. The van der Waals surface area contributed by atoms with E-state index in [-0.39, 0.29) is 0 Å². The summed E-state index contributed by atoms with van der Waals surface area (Å²) in [7, 11) is 0. The van der Waals surface area contributed by atoms with Crippen LogP contribution in [0.1, 0.15) is 0 Å². The van der Waals surface area contributed by atoms with Gasteiger partial charge in [0.2, 0.25) is 0 Å². The van der Waals surface area contributed by atoms with Gasteiger partial charge in [-0.25, -0.2) is 0 Å². The van der Waals surface area contributed by atoms with Crippen LogP contribution in [-0.4, -0.2) is 0 Å². The van der Waals surface area contributed by atoms with Crippen molar-refractivity contribution in [3.05, 3.63) is 206 Å². The molecule has 1 heteroatoms. The average Bonchev–Trinajstić information content (AvgIpc) is 3.67. The Morgan fingerprint density at radius 2 is 0.632 bits per heavy atom. The van der Waals surface area contributed by atoms with Crippen LogP contribution in [0.4, 0.5) is 0 Å². The quantitative estimate of drug-likeness (QED) is 0.125. The average molecular weight is 739 g/mol. The third-order valence-corrected chi connectivity index (χ3v) is 13.2. The molecule has 0 saturated carbocycles. The molecule has 1 heterocycles. The van der Waals surface area contributed by atoms with E-state index in [2.05, 4.69) is 206 Å². The van der Waals surface area contributed by atoms with Crippen LogP contribution in [0.2, 0.25) is 0 Å². The van der Waals surface area contributed by atoms with E-state index in [1.54, 1.807) is 0 Å². The van der Waals surface area contributed by atoms with Crippen LogP contribution in [-0.2, 0) is 0 Å². The summed E-state index contributed by atoms with van der Waals surface area (Å²) < 4.78 is 2.65. The molecule has 0 aliphatic rings. The summed E-state index contributed by atoms with van der Waals surface area (Å²) in [6.45, 7) is 0. The zero-order valence-corrected chi connectivity index (χ0v) is 31.9. The Hall–Kier alpha value is -7.06. The van der Waals surface area contributed by atoms with E-state index in [9.17, 15) is 0 Å². The van der Waals surface area contributed by atoms with Crippen molar-refractivity contribution in [2.45, 2.75) is 0 Å². The molecule has 12 rings (SSSR count). The van der Waals surface area contributed by atoms with Crippen LogP contribution < -0.4 is 0 Å². The maximum Gasteiger partial charge on any atom is 0.0361 e. The van der Waals surface area contributed by atoms with Gasteiger partial charge in [-0.3, -0.25) is 0 Å². The predicted octanol–water partition coefficient (Wildman–Crippen LogP) is 16.5. The first-order valence-electron chi connectivity index (χ1n) is 19.7. The lowest BCUT2D eigenvalue weighted by Gasteiger charge is -2.19. The molecule has 11 aromatic carbocycles. The molecule has 0 aliphatic heterocycles. The van der Waals surface area contributed by atoms with Crippen molar-refractivity contribution in [3.63, 3.8) is 0 Å². The highest BCUT2D eigenvalue weighted by molar-refractivity contribution is 7.26. The largest absolute Gasteiger partial charge is 0.135 e. The van der Waals surface area contributed by atoms with Gasteiger partial charge in [0.05, 0.1) is 0 Å². The SMILES string of the molecule is c1ccc(-c2ccc3c4ccccc4c4ccccc4c3c2)c(-c2ccc(-c3c4ccccc4c(-c4cccc5sc6ccccc6c45)c4ccccc34)cc2)c1. The van der Waals surface area contributed by atoms with E-state index in [1.807, 2.05) is 11.3 Å². The number of benzene rings is 11. The van der Waals surface area contributed by atoms with Gasteiger partial charge in [-0.15, -0.1) is 11.3 Å². The lowest BCUT2D eigenvalue weighted by Crippen LogP contribution is -1.91. The minimum absolute atomic E-state index is 1.21. The molecule has 0 amide bonds. The highest BCUT2D eigenvalue weighted by Gasteiger charge is 2.20. The Morgan fingerprint density at radius 3 is 1.25 bits per heavy atom. The fourth-order valence-corrected chi connectivity index (χ4v) is 10.7. The molecule has 0 unspecified atom stereocenters. The second-order valence-electron chi connectivity index (χ2n) is 15.1. The highest BCUT2D eigenvalue weighted by Crippen LogP contribution is 2.48. The van der Waals surface area contributed by atoms with E-state index >= 15 is 0 Å². The van der Waals surface area contributed by atoms with E-state index in [0.717, 1.165) is 0 Å². The molecule has 12 aromatic rings. The first-order valence-corrected chi connectivity index (χ1v) is 20.5. The summed E-state index contributed by atoms with van der Waals surface area (Å²) in [6.07, 6.45) is 0. The van der Waals surface area contributed by atoms with Crippen LogP contribution >= 0.6 is 11.3 Å². The monoisotopic (exact) mass is 738 g/mol. The zero-order chi connectivity index (χ0) is 37.5. The van der Waals surface area contributed by atoms with Crippen LogP contribution in [0.3, 0.4) is 0 Å². The summed E-state index contributed by atoms with van der Waals surface area (Å²) in [5.74, 6) is 0. The van der Waals surface area contributed by atoms with Crippen molar-refractivity contribution in [1.82, 2.24) is 0 Å². The Kier molecular flexibility index (Phi) is 7.20. The fourth-order valence-electron chi connectivity index (χ4n) is 9.59. The standard InChI is InChI=1S/C56H34S/c1-2-15-39(37-32-33-44-42-18-4-3-16-40(42)41-17-5-6-19-43(41)51(44)34-37)38(14-1)35-28-30-36(31-29-35)54-45-20-7-9-22-47(45)55(48-23-10-8-21-46(48)54)50-25-13-27-53-56(50)49-24-11-12-26-52(49)57-53/h1-34H. The molecule has 1 aromatic heterocycles. The topological polar surface area (TPSA) is 0 Å². The van der Waals surface area contributed by atoms with Gasteiger partial charge >= 0.3 is 0 Å². The molecule has 0 radical (unpaired) electrons. The minimum atomic E-state index is 1.21. The van der Waals surface area contributed by atoms with Gasteiger partial charge in [-0.1, -0.05) is 188 Å². The lowest BCUT2D eigenvalue weighted by molar-refractivity contribution is 1.59. The molecule has 0 N–H and O–H groups in total. The van der Waals surface area contributed by atoms with E-state index in [0.29, 0.717) is 0 Å². The van der Waals surface area contributed by atoms with Crippen LogP contribution in [0.25, 0.3) is 119 Å². The normalized spacial score (nSPS) is 11.9. The Morgan fingerprint density at radius 1 is 0.228 bits per heavy atom. The minimum Gasteiger partial charge on any atom is -0.135 e. The molecule has 0 saturated heterocycles. The third kappa shape index (κ3) is 4.93. The van der Waals surface area contributed by atoms with E-state index in [1.165, 1.54) is 119 Å². The van der Waals surface area contributed by atoms with Crippen molar-refractivity contribution in [2.75, 3.05) is 0 Å². The van der Waals surface area contributed by atoms with Crippen molar-refractivity contribution >= 4 is 85.4 Å². The molecule has 57 heavy (non-hydrogen) atoms. The summed E-state index contributed by atoms with van der Waals surface area (Å²) in [5, 5.41) is 15.5. The molecule has 264 valence electrons. The van der Waals surface area contributed by atoms with Gasteiger partial charge < -0.3 is 0 Å². The fraction of sp³-hybridized carbons (Fsp3) is 0. The summed E-state index contributed by atoms with van der Waals surface area (Å²) in [6, 6.07) is 76.4. The maximum atomic E-state index is 2.40. The van der Waals surface area contributed by atoms with Gasteiger partial charge in [-0.2, -0.15) is 0 Å². The Bertz CT molecular complexity index is 3480. The molecular formula is C56H34S. The van der Waals surface area contributed by atoms with Crippen molar-refractivity contribution in [3.8, 4) is 44.5 Å². The maximum absolute atomic E-state index is 2.40. The zero-order valence-electron chi connectivity index (χ0n) is 31.0. The van der Waals surface area contributed by atoms with Crippen LogP contribution in [0.5, 0.6) is 0 Å². The highest BCUT2D eigenvalue weighted by atomic mass is 32.1. The lowest BCUT2D eigenvalue weighted by atomic mass is 9.84. The smallest absolute Gasteiger partial charge is 0.0361 e. The van der Waals surface area contributed by atoms with E-state index in [4.69, 9.17) is 0 Å².